The third-order valence-electron chi connectivity index (χ3n) is 5.54. The molecule has 0 atom stereocenters. The first-order chi connectivity index (χ1) is 14.1. The van der Waals surface area contributed by atoms with Crippen molar-refractivity contribution in [3.05, 3.63) is 59.2 Å². The quantitative estimate of drug-likeness (QED) is 0.485. The van der Waals surface area contributed by atoms with Gasteiger partial charge < -0.3 is 4.90 Å². The zero-order chi connectivity index (χ0) is 20.0. The van der Waals surface area contributed by atoms with Gasteiger partial charge in [0.15, 0.2) is 4.96 Å². The fourth-order valence-electron chi connectivity index (χ4n) is 4.01. The number of aromatic nitrogens is 2. The Kier molecular flexibility index (Phi) is 4.78. The molecule has 7 heteroatoms. The Balaban J connectivity index is 1.59. The van der Waals surface area contributed by atoms with Gasteiger partial charge in [-0.15, -0.1) is 0 Å². The normalized spacial score (nSPS) is 15.4. The van der Waals surface area contributed by atoms with Crippen LogP contribution in [0.15, 0.2) is 48.5 Å². The number of carbonyl (C=O) groups is 1. The summed E-state index contributed by atoms with van der Waals surface area (Å²) in [5.41, 5.74) is 4.49. The van der Waals surface area contributed by atoms with Gasteiger partial charge in [-0.1, -0.05) is 53.3 Å². The first-order valence-corrected chi connectivity index (χ1v) is 10.9. The van der Waals surface area contributed by atoms with Crippen LogP contribution in [0.25, 0.3) is 26.4 Å². The van der Waals surface area contributed by atoms with Gasteiger partial charge in [-0.2, -0.15) is 0 Å². The topological polar surface area (TPSA) is 40.9 Å². The van der Waals surface area contributed by atoms with E-state index in [0.717, 1.165) is 64.2 Å². The van der Waals surface area contributed by atoms with Crippen LogP contribution in [0.2, 0.25) is 5.02 Å². The molecule has 2 aromatic heterocycles. The number of halogens is 1. The second-order valence-corrected chi connectivity index (χ2v) is 8.83. The summed E-state index contributed by atoms with van der Waals surface area (Å²) in [6.07, 6.45) is 0. The molecule has 0 saturated carbocycles. The number of hydrogen-bond donors (Lipinski definition) is 0. The molecule has 0 aliphatic carbocycles. The maximum atomic E-state index is 11.7. The van der Waals surface area contributed by atoms with Gasteiger partial charge in [0.1, 0.15) is 0 Å². The van der Waals surface area contributed by atoms with E-state index in [2.05, 4.69) is 39.6 Å². The highest BCUT2D eigenvalue weighted by Crippen LogP contribution is 2.34. The predicted molar refractivity (Wildman–Crippen MR) is 119 cm³/mol. The molecule has 5 rings (SSSR count). The third kappa shape index (κ3) is 3.41. The highest BCUT2D eigenvalue weighted by molar-refractivity contribution is 7.23. The summed E-state index contributed by atoms with van der Waals surface area (Å²) in [6.45, 7) is 5.73. The third-order valence-corrected chi connectivity index (χ3v) is 6.78. The van der Waals surface area contributed by atoms with Gasteiger partial charge in [-0.25, -0.2) is 4.98 Å². The Bertz CT molecular complexity index is 1190. The lowest BCUT2D eigenvalue weighted by Crippen LogP contribution is -2.47. The smallest absolute Gasteiger partial charge is 0.219 e. The monoisotopic (exact) mass is 424 g/mol. The number of hydrogen-bond acceptors (Lipinski definition) is 4. The molecule has 1 aliphatic heterocycles. The van der Waals surface area contributed by atoms with Crippen molar-refractivity contribution < 1.29 is 4.79 Å². The molecule has 1 fully saturated rings. The van der Waals surface area contributed by atoms with Crippen LogP contribution in [0.4, 0.5) is 0 Å². The van der Waals surface area contributed by atoms with Crippen molar-refractivity contribution in [3.8, 4) is 11.3 Å². The summed E-state index contributed by atoms with van der Waals surface area (Å²) in [5.74, 6) is 0.155. The summed E-state index contributed by atoms with van der Waals surface area (Å²) >= 11 is 7.88. The standard InChI is InChI=1S/C22H21ClN4OS/c1-15(28)26-11-9-25(10-12-26)14-19-21(16-5-3-2-4-6-16)24-22-27(19)18-8-7-17(23)13-20(18)29-22/h2-8,13H,9-12,14H2,1H3. The number of amides is 1. The maximum absolute atomic E-state index is 11.7. The van der Waals surface area contributed by atoms with Crippen molar-refractivity contribution in [2.75, 3.05) is 26.2 Å². The van der Waals surface area contributed by atoms with Crippen LogP contribution in [0.1, 0.15) is 12.6 Å². The lowest BCUT2D eigenvalue weighted by atomic mass is 10.1. The number of benzene rings is 2. The zero-order valence-electron chi connectivity index (χ0n) is 16.1. The molecule has 29 heavy (non-hydrogen) atoms. The van der Waals surface area contributed by atoms with Gasteiger partial charge in [0.05, 0.1) is 21.6 Å². The van der Waals surface area contributed by atoms with Gasteiger partial charge in [0.25, 0.3) is 0 Å². The molecule has 0 radical (unpaired) electrons. The molecule has 2 aromatic carbocycles. The molecule has 1 aliphatic rings. The minimum absolute atomic E-state index is 0.155. The van der Waals surface area contributed by atoms with E-state index >= 15 is 0 Å². The molecule has 3 heterocycles. The minimum atomic E-state index is 0.155. The molecule has 0 spiro atoms. The summed E-state index contributed by atoms with van der Waals surface area (Å²) in [6, 6.07) is 16.4. The summed E-state index contributed by atoms with van der Waals surface area (Å²) < 4.78 is 3.41. The van der Waals surface area contributed by atoms with Gasteiger partial charge in [0, 0.05) is 50.2 Å². The lowest BCUT2D eigenvalue weighted by molar-refractivity contribution is -0.130. The van der Waals surface area contributed by atoms with Gasteiger partial charge in [-0.3, -0.25) is 14.1 Å². The molecule has 4 aromatic rings. The Labute approximate surface area is 178 Å². The van der Waals surface area contributed by atoms with E-state index in [-0.39, 0.29) is 5.91 Å². The molecule has 5 nitrogen and oxygen atoms in total. The maximum Gasteiger partial charge on any atom is 0.219 e. The van der Waals surface area contributed by atoms with Crippen LogP contribution in [0.3, 0.4) is 0 Å². The number of thiazole rings is 1. The molecule has 1 saturated heterocycles. The fraction of sp³-hybridized carbons (Fsp3) is 0.273. The first-order valence-electron chi connectivity index (χ1n) is 9.73. The molecular weight excluding hydrogens is 404 g/mol. The van der Waals surface area contributed by atoms with E-state index in [0.29, 0.717) is 0 Å². The van der Waals surface area contributed by atoms with Crippen LogP contribution < -0.4 is 0 Å². The molecular formula is C22H21ClN4OS. The van der Waals surface area contributed by atoms with Gasteiger partial charge >= 0.3 is 0 Å². The average Bonchev–Trinajstić information content (AvgIpc) is 3.25. The molecule has 1 amide bonds. The van der Waals surface area contributed by atoms with Crippen LogP contribution in [-0.4, -0.2) is 51.3 Å². The summed E-state index contributed by atoms with van der Waals surface area (Å²) in [4.78, 5) is 22.0. The van der Waals surface area contributed by atoms with Crippen LogP contribution in [0.5, 0.6) is 0 Å². The van der Waals surface area contributed by atoms with E-state index in [1.807, 2.05) is 23.1 Å². The Hall–Kier alpha value is -2.41. The van der Waals surface area contributed by atoms with Crippen molar-refractivity contribution in [2.24, 2.45) is 0 Å². The van der Waals surface area contributed by atoms with Crippen LogP contribution >= 0.6 is 22.9 Å². The number of nitrogens with zero attached hydrogens (tertiary/aromatic N) is 4. The van der Waals surface area contributed by atoms with Crippen molar-refractivity contribution in [1.82, 2.24) is 19.2 Å². The summed E-state index contributed by atoms with van der Waals surface area (Å²) in [5, 5.41) is 0.743. The van der Waals surface area contributed by atoms with Crippen molar-refractivity contribution in [2.45, 2.75) is 13.5 Å². The van der Waals surface area contributed by atoms with Gasteiger partial charge in [-0.05, 0) is 18.2 Å². The molecule has 0 bridgehead atoms. The first kappa shape index (κ1) is 18.6. The number of piperazine rings is 1. The second kappa shape index (κ2) is 7.44. The molecule has 0 unspecified atom stereocenters. The lowest BCUT2D eigenvalue weighted by Gasteiger charge is -2.34. The highest BCUT2D eigenvalue weighted by atomic mass is 35.5. The SMILES string of the molecule is CC(=O)N1CCN(Cc2c(-c3ccccc3)nc3sc4cc(Cl)ccc4n23)CC1. The predicted octanol–water partition coefficient (Wildman–Crippen LogP) is 4.53. The Morgan fingerprint density at radius 3 is 2.59 bits per heavy atom. The van der Waals surface area contributed by atoms with Crippen molar-refractivity contribution >= 4 is 44.0 Å². The van der Waals surface area contributed by atoms with Gasteiger partial charge in [0.2, 0.25) is 5.91 Å². The van der Waals surface area contributed by atoms with Crippen LogP contribution in [0, 0.1) is 0 Å². The fourth-order valence-corrected chi connectivity index (χ4v) is 5.33. The number of fused-ring (bicyclic) bond motifs is 3. The second-order valence-electron chi connectivity index (χ2n) is 7.39. The number of rotatable bonds is 3. The van der Waals surface area contributed by atoms with E-state index in [9.17, 15) is 4.79 Å². The Morgan fingerprint density at radius 2 is 1.86 bits per heavy atom. The average molecular weight is 425 g/mol. The number of carbonyl (C=O) groups excluding carboxylic acids is 1. The van der Waals surface area contributed by atoms with Crippen molar-refractivity contribution in [1.29, 1.82) is 0 Å². The van der Waals surface area contributed by atoms with E-state index in [1.165, 1.54) is 5.69 Å². The molecule has 0 N–H and O–H groups in total. The van der Waals surface area contributed by atoms with Crippen LogP contribution in [-0.2, 0) is 11.3 Å². The minimum Gasteiger partial charge on any atom is -0.340 e. The van der Waals surface area contributed by atoms with Crippen molar-refractivity contribution in [3.63, 3.8) is 0 Å². The molecule has 148 valence electrons. The summed E-state index contributed by atoms with van der Waals surface area (Å²) in [7, 11) is 0. The van der Waals surface area contributed by atoms with E-state index < -0.39 is 0 Å². The Morgan fingerprint density at radius 1 is 1.10 bits per heavy atom. The van der Waals surface area contributed by atoms with E-state index in [4.69, 9.17) is 16.6 Å². The zero-order valence-corrected chi connectivity index (χ0v) is 17.7. The number of imidazole rings is 1. The highest BCUT2D eigenvalue weighted by Gasteiger charge is 2.23. The largest absolute Gasteiger partial charge is 0.340 e. The van der Waals surface area contributed by atoms with E-state index in [1.54, 1.807) is 18.3 Å².